The maximum Gasteiger partial charge on any atom is 0.341 e. The van der Waals surface area contributed by atoms with Crippen LogP contribution in [0.4, 0.5) is 0 Å². The van der Waals surface area contributed by atoms with Crippen LogP contribution in [-0.2, 0) is 19.8 Å². The summed E-state index contributed by atoms with van der Waals surface area (Å²) in [4.78, 5) is 40.7. The normalized spacial score (nSPS) is 14.3. The number of ether oxygens (including phenoxy) is 3. The Morgan fingerprint density at radius 3 is 1.68 bits per heavy atom. The standard InChI is InChI=1S/C32H34O8/c1-17-9-11-19(15-23(17)33)32(20-12-10-18(2)24(34)16-20)22-14-13-21(27(35)38-30(3,4)5)25(26(22)29(37)40-32)28(36)39-31(6,7)8/h9-16,33-34H,1-8H3. The SMILES string of the molecule is Cc1ccc(C2(c3ccc(C)c(O)c3)OC(=O)c3c2ccc(C(=O)OC(C)(C)C)c3C(=O)OC(C)(C)C)cc1O. The Bertz CT molecular complexity index is 1480. The summed E-state index contributed by atoms with van der Waals surface area (Å²) < 4.78 is 17.3. The summed E-state index contributed by atoms with van der Waals surface area (Å²) in [7, 11) is 0. The quantitative estimate of drug-likeness (QED) is 0.298. The summed E-state index contributed by atoms with van der Waals surface area (Å²) >= 11 is 0. The first kappa shape index (κ1) is 28.7. The average Bonchev–Trinajstić information content (AvgIpc) is 3.13. The fraction of sp³-hybridized carbons (Fsp3) is 0.344. The predicted molar refractivity (Wildman–Crippen MR) is 148 cm³/mol. The fourth-order valence-corrected chi connectivity index (χ4v) is 4.65. The van der Waals surface area contributed by atoms with Crippen molar-refractivity contribution in [3.63, 3.8) is 0 Å². The van der Waals surface area contributed by atoms with E-state index in [0.29, 0.717) is 22.3 Å². The molecule has 0 spiro atoms. The number of hydrogen-bond donors (Lipinski definition) is 2. The van der Waals surface area contributed by atoms with E-state index in [9.17, 15) is 24.6 Å². The van der Waals surface area contributed by atoms with Crippen molar-refractivity contribution < 1.29 is 38.8 Å². The van der Waals surface area contributed by atoms with E-state index >= 15 is 0 Å². The van der Waals surface area contributed by atoms with Gasteiger partial charge in [-0.25, -0.2) is 14.4 Å². The average molecular weight is 547 g/mol. The number of esters is 3. The second-order valence-corrected chi connectivity index (χ2v) is 12.0. The monoisotopic (exact) mass is 546 g/mol. The molecule has 0 unspecified atom stereocenters. The van der Waals surface area contributed by atoms with Crippen LogP contribution in [0.2, 0.25) is 0 Å². The van der Waals surface area contributed by atoms with Crippen molar-refractivity contribution in [3.05, 3.63) is 93.0 Å². The van der Waals surface area contributed by atoms with Crippen LogP contribution in [0.1, 0.15) is 100 Å². The smallest absolute Gasteiger partial charge is 0.341 e. The van der Waals surface area contributed by atoms with Gasteiger partial charge in [0, 0.05) is 16.7 Å². The molecule has 0 fully saturated rings. The van der Waals surface area contributed by atoms with E-state index in [1.54, 1.807) is 79.7 Å². The molecule has 3 aromatic carbocycles. The Hall–Kier alpha value is -4.33. The number of rotatable bonds is 4. The second kappa shape index (κ2) is 9.70. The van der Waals surface area contributed by atoms with Crippen molar-refractivity contribution in [2.75, 3.05) is 0 Å². The fourth-order valence-electron chi connectivity index (χ4n) is 4.65. The lowest BCUT2D eigenvalue weighted by Gasteiger charge is -2.31. The summed E-state index contributed by atoms with van der Waals surface area (Å²) in [5.74, 6) is -2.63. The van der Waals surface area contributed by atoms with Gasteiger partial charge < -0.3 is 24.4 Å². The molecule has 0 aliphatic carbocycles. The lowest BCUT2D eigenvalue weighted by atomic mass is 9.78. The topological polar surface area (TPSA) is 119 Å². The molecular weight excluding hydrogens is 512 g/mol. The van der Waals surface area contributed by atoms with Crippen LogP contribution in [0.5, 0.6) is 11.5 Å². The number of fused-ring (bicyclic) bond motifs is 1. The van der Waals surface area contributed by atoms with Gasteiger partial charge in [0.05, 0.1) is 16.7 Å². The number of phenolic OH excluding ortho intramolecular Hbond substituents is 2. The number of hydrogen-bond acceptors (Lipinski definition) is 8. The van der Waals surface area contributed by atoms with E-state index in [4.69, 9.17) is 14.2 Å². The molecule has 0 amide bonds. The summed E-state index contributed by atoms with van der Waals surface area (Å²) in [6.07, 6.45) is 0. The molecule has 4 rings (SSSR count). The number of aromatic hydroxyl groups is 2. The van der Waals surface area contributed by atoms with Crippen LogP contribution >= 0.6 is 0 Å². The molecule has 0 saturated heterocycles. The molecule has 0 radical (unpaired) electrons. The molecule has 8 nitrogen and oxygen atoms in total. The summed E-state index contributed by atoms with van der Waals surface area (Å²) in [6.45, 7) is 13.6. The summed E-state index contributed by atoms with van der Waals surface area (Å²) in [5.41, 5.74) is -1.83. The van der Waals surface area contributed by atoms with Gasteiger partial charge in [-0.1, -0.05) is 30.3 Å². The van der Waals surface area contributed by atoms with Gasteiger partial charge in [0.1, 0.15) is 22.7 Å². The van der Waals surface area contributed by atoms with E-state index in [-0.39, 0.29) is 33.8 Å². The Kier molecular flexibility index (Phi) is 6.95. The van der Waals surface area contributed by atoms with Crippen LogP contribution in [0.25, 0.3) is 0 Å². The first-order valence-corrected chi connectivity index (χ1v) is 12.9. The Morgan fingerprint density at radius 2 is 1.23 bits per heavy atom. The van der Waals surface area contributed by atoms with Crippen molar-refractivity contribution in [1.29, 1.82) is 0 Å². The molecule has 1 heterocycles. The minimum absolute atomic E-state index is 0.0320. The highest BCUT2D eigenvalue weighted by atomic mass is 16.6. The van der Waals surface area contributed by atoms with E-state index in [1.807, 2.05) is 0 Å². The highest BCUT2D eigenvalue weighted by Gasteiger charge is 2.52. The molecule has 0 atom stereocenters. The maximum atomic E-state index is 13.8. The van der Waals surface area contributed by atoms with Gasteiger partial charge in [0.2, 0.25) is 0 Å². The lowest BCUT2D eigenvalue weighted by Crippen LogP contribution is -2.30. The van der Waals surface area contributed by atoms with E-state index in [1.165, 1.54) is 24.3 Å². The zero-order valence-corrected chi connectivity index (χ0v) is 24.0. The molecule has 1 aliphatic heterocycles. The first-order valence-electron chi connectivity index (χ1n) is 12.9. The molecule has 0 aromatic heterocycles. The summed E-state index contributed by atoms with van der Waals surface area (Å²) in [6, 6.07) is 12.6. The van der Waals surface area contributed by atoms with Crippen LogP contribution in [0, 0.1) is 13.8 Å². The number of cyclic esters (lactones) is 1. The Morgan fingerprint density at radius 1 is 0.750 bits per heavy atom. The van der Waals surface area contributed by atoms with Gasteiger partial charge in [-0.05, 0) is 84.7 Å². The molecule has 40 heavy (non-hydrogen) atoms. The summed E-state index contributed by atoms with van der Waals surface area (Å²) in [5, 5.41) is 21.2. The van der Waals surface area contributed by atoms with Crippen molar-refractivity contribution >= 4 is 17.9 Å². The third-order valence-corrected chi connectivity index (χ3v) is 6.49. The zero-order chi connectivity index (χ0) is 29.8. The minimum Gasteiger partial charge on any atom is -0.508 e. The Labute approximate surface area is 233 Å². The van der Waals surface area contributed by atoms with Gasteiger partial charge in [-0.2, -0.15) is 0 Å². The third-order valence-electron chi connectivity index (χ3n) is 6.49. The molecular formula is C32H34O8. The zero-order valence-electron chi connectivity index (χ0n) is 24.0. The number of aryl methyl sites for hydroxylation is 2. The first-order chi connectivity index (χ1) is 18.4. The highest BCUT2D eigenvalue weighted by molar-refractivity contribution is 6.13. The van der Waals surface area contributed by atoms with E-state index in [2.05, 4.69) is 0 Å². The number of carbonyl (C=O) groups is 3. The lowest BCUT2D eigenvalue weighted by molar-refractivity contribution is 0.00166. The van der Waals surface area contributed by atoms with Crippen LogP contribution in [0.3, 0.4) is 0 Å². The predicted octanol–water partition coefficient (Wildman–Crippen LogP) is 6.09. The molecule has 3 aromatic rings. The van der Waals surface area contributed by atoms with Crippen LogP contribution < -0.4 is 0 Å². The van der Waals surface area contributed by atoms with Gasteiger partial charge in [0.15, 0.2) is 5.60 Å². The van der Waals surface area contributed by atoms with Gasteiger partial charge in [-0.3, -0.25) is 0 Å². The van der Waals surface area contributed by atoms with Crippen molar-refractivity contribution in [3.8, 4) is 11.5 Å². The number of phenols is 2. The largest absolute Gasteiger partial charge is 0.508 e. The molecule has 1 aliphatic rings. The van der Waals surface area contributed by atoms with Gasteiger partial charge in [0.25, 0.3) is 0 Å². The Balaban J connectivity index is 2.09. The van der Waals surface area contributed by atoms with E-state index < -0.39 is 34.7 Å². The number of benzene rings is 3. The van der Waals surface area contributed by atoms with Gasteiger partial charge >= 0.3 is 17.9 Å². The van der Waals surface area contributed by atoms with E-state index in [0.717, 1.165) is 0 Å². The van der Waals surface area contributed by atoms with Crippen LogP contribution in [-0.4, -0.2) is 39.3 Å². The molecule has 2 N–H and O–H groups in total. The maximum absolute atomic E-state index is 13.8. The van der Waals surface area contributed by atoms with Gasteiger partial charge in [-0.15, -0.1) is 0 Å². The van der Waals surface area contributed by atoms with Crippen molar-refractivity contribution in [2.24, 2.45) is 0 Å². The molecule has 0 bridgehead atoms. The van der Waals surface area contributed by atoms with Crippen LogP contribution in [0.15, 0.2) is 48.5 Å². The number of carbonyl (C=O) groups excluding carboxylic acids is 3. The second-order valence-electron chi connectivity index (χ2n) is 12.0. The van der Waals surface area contributed by atoms with Crippen molar-refractivity contribution in [1.82, 2.24) is 0 Å². The molecule has 8 heteroatoms. The third kappa shape index (κ3) is 5.13. The van der Waals surface area contributed by atoms with Crippen molar-refractivity contribution in [2.45, 2.75) is 72.2 Å². The highest BCUT2D eigenvalue weighted by Crippen LogP contribution is 2.50. The minimum atomic E-state index is -1.66. The molecule has 210 valence electrons. The molecule has 0 saturated carbocycles.